The minimum atomic E-state index is -3.51. The monoisotopic (exact) mass is 265 g/mol. The van der Waals surface area contributed by atoms with Crippen LogP contribution in [0.2, 0.25) is 5.02 Å². The van der Waals surface area contributed by atoms with Crippen molar-refractivity contribution < 1.29 is 12.8 Å². The molecular weight excluding hydrogens is 253 g/mol. The number of hydrogen-bond donors (Lipinski definition) is 1. The molecule has 90 valence electrons. The largest absolute Gasteiger partial charge is 0.283 e. The lowest BCUT2D eigenvalue weighted by molar-refractivity contribution is 0.566. The Morgan fingerprint density at radius 2 is 1.88 bits per heavy atom. The molecule has 0 unspecified atom stereocenters. The topological polar surface area (TPSA) is 46.2 Å². The first-order valence-electron chi connectivity index (χ1n) is 4.61. The molecule has 0 aliphatic rings. The highest BCUT2D eigenvalue weighted by molar-refractivity contribution is 7.94. The quantitative estimate of drug-likeness (QED) is 0.893. The Bertz CT molecular complexity index is 494. The summed E-state index contributed by atoms with van der Waals surface area (Å²) in [6, 6.07) is 3.67. The molecule has 16 heavy (non-hydrogen) atoms. The molecule has 0 aromatic heterocycles. The lowest BCUT2D eigenvalue weighted by atomic mass is 10.3. The van der Waals surface area contributed by atoms with E-state index in [-0.39, 0.29) is 10.7 Å². The third-order valence-corrected chi connectivity index (χ3v) is 4.38. The van der Waals surface area contributed by atoms with Gasteiger partial charge in [-0.25, -0.2) is 12.8 Å². The second-order valence-corrected chi connectivity index (χ2v) is 7.19. The van der Waals surface area contributed by atoms with E-state index in [0.717, 1.165) is 6.07 Å². The Morgan fingerprint density at radius 1 is 1.31 bits per heavy atom. The Hall–Kier alpha value is -0.810. The summed E-state index contributed by atoms with van der Waals surface area (Å²) < 4.78 is 37.8. The normalized spacial score (nSPS) is 12.6. The predicted molar refractivity (Wildman–Crippen MR) is 63.7 cm³/mol. The van der Waals surface area contributed by atoms with Crippen molar-refractivity contribution in [1.82, 2.24) is 0 Å². The fourth-order valence-electron chi connectivity index (χ4n) is 0.868. The van der Waals surface area contributed by atoms with Crippen molar-refractivity contribution in [3.05, 3.63) is 29.0 Å². The fraction of sp³-hybridized carbons (Fsp3) is 0.400. The van der Waals surface area contributed by atoms with Crippen molar-refractivity contribution in [2.75, 3.05) is 4.72 Å². The molecule has 0 radical (unpaired) electrons. The summed E-state index contributed by atoms with van der Waals surface area (Å²) in [6.45, 7) is 4.71. The molecule has 1 aromatic rings. The van der Waals surface area contributed by atoms with Gasteiger partial charge in [-0.2, -0.15) is 0 Å². The summed E-state index contributed by atoms with van der Waals surface area (Å²) in [5, 5.41) is -0.117. The van der Waals surface area contributed by atoms with Crippen molar-refractivity contribution in [3.63, 3.8) is 0 Å². The number of anilines is 1. The highest BCUT2D eigenvalue weighted by Crippen LogP contribution is 2.23. The molecule has 0 aliphatic carbocycles. The van der Waals surface area contributed by atoms with Gasteiger partial charge >= 0.3 is 0 Å². The van der Waals surface area contributed by atoms with E-state index < -0.39 is 20.6 Å². The van der Waals surface area contributed by atoms with Gasteiger partial charge in [0.15, 0.2) is 0 Å². The maximum absolute atomic E-state index is 12.9. The molecule has 0 heterocycles. The van der Waals surface area contributed by atoms with Crippen molar-refractivity contribution in [2.45, 2.75) is 25.5 Å². The molecule has 1 N–H and O–H groups in total. The zero-order valence-corrected chi connectivity index (χ0v) is 10.8. The molecule has 0 saturated heterocycles. The Kier molecular flexibility index (Phi) is 3.50. The van der Waals surface area contributed by atoms with Crippen LogP contribution in [0.3, 0.4) is 0 Å². The number of benzene rings is 1. The van der Waals surface area contributed by atoms with Crippen LogP contribution in [0.4, 0.5) is 10.1 Å². The average Bonchev–Trinajstić information content (AvgIpc) is 2.09. The summed E-state index contributed by atoms with van der Waals surface area (Å²) in [7, 11) is -3.51. The van der Waals surface area contributed by atoms with Gasteiger partial charge < -0.3 is 0 Å². The van der Waals surface area contributed by atoms with Crippen molar-refractivity contribution in [2.24, 2.45) is 0 Å². The molecule has 0 atom stereocenters. The first-order valence-corrected chi connectivity index (χ1v) is 6.47. The van der Waals surface area contributed by atoms with Crippen LogP contribution >= 0.6 is 11.6 Å². The third kappa shape index (κ3) is 2.86. The number of hydrogen-bond acceptors (Lipinski definition) is 2. The zero-order chi connectivity index (χ0) is 12.6. The van der Waals surface area contributed by atoms with Gasteiger partial charge in [-0.15, -0.1) is 0 Å². The van der Waals surface area contributed by atoms with Crippen LogP contribution in [0.15, 0.2) is 18.2 Å². The predicted octanol–water partition coefficient (Wildman–Crippen LogP) is 3.02. The Labute approximate surface area is 99.7 Å². The zero-order valence-electron chi connectivity index (χ0n) is 9.21. The molecule has 0 fully saturated rings. The van der Waals surface area contributed by atoms with Crippen LogP contribution in [-0.2, 0) is 10.0 Å². The number of sulfonamides is 1. The number of nitrogens with one attached hydrogen (secondary N) is 1. The summed E-state index contributed by atoms with van der Waals surface area (Å²) in [5.41, 5.74) is 0.251. The average molecular weight is 266 g/mol. The highest BCUT2D eigenvalue weighted by Gasteiger charge is 2.28. The first-order chi connectivity index (χ1) is 7.13. The van der Waals surface area contributed by atoms with E-state index in [4.69, 9.17) is 11.6 Å². The smallest absolute Gasteiger partial charge is 0.237 e. The number of rotatable bonds is 2. The molecule has 1 aromatic carbocycles. The molecule has 0 aliphatic heterocycles. The summed E-state index contributed by atoms with van der Waals surface area (Å²) >= 11 is 5.55. The van der Waals surface area contributed by atoms with Gasteiger partial charge in [-0.05, 0) is 39.0 Å². The molecule has 1 rings (SSSR count). The van der Waals surface area contributed by atoms with Crippen LogP contribution in [0, 0.1) is 5.82 Å². The molecule has 0 amide bonds. The third-order valence-electron chi connectivity index (χ3n) is 1.98. The fourth-order valence-corrected chi connectivity index (χ4v) is 1.79. The minimum Gasteiger partial charge on any atom is -0.283 e. The van der Waals surface area contributed by atoms with E-state index in [1.54, 1.807) is 20.8 Å². The summed E-state index contributed by atoms with van der Waals surface area (Å²) in [4.78, 5) is 0. The number of halogens is 2. The van der Waals surface area contributed by atoms with E-state index >= 15 is 0 Å². The summed E-state index contributed by atoms with van der Waals surface area (Å²) in [5.74, 6) is -0.583. The standard InChI is InChI=1S/C10H13ClFNO2S/c1-10(2,3)16(14,15)13-7-4-5-9(12)8(11)6-7/h4-6,13H,1-3H3. The van der Waals surface area contributed by atoms with Crippen molar-refractivity contribution in [3.8, 4) is 0 Å². The summed E-state index contributed by atoms with van der Waals surface area (Å²) in [6.07, 6.45) is 0. The molecule has 0 bridgehead atoms. The van der Waals surface area contributed by atoms with E-state index in [1.807, 2.05) is 0 Å². The van der Waals surface area contributed by atoms with Crippen LogP contribution in [0.25, 0.3) is 0 Å². The van der Waals surface area contributed by atoms with Gasteiger partial charge in [0.25, 0.3) is 0 Å². The van der Waals surface area contributed by atoms with E-state index in [9.17, 15) is 12.8 Å². The van der Waals surface area contributed by atoms with E-state index in [2.05, 4.69) is 4.72 Å². The van der Waals surface area contributed by atoms with Crippen molar-refractivity contribution >= 4 is 27.3 Å². The maximum atomic E-state index is 12.9. The Morgan fingerprint density at radius 3 is 2.31 bits per heavy atom. The van der Waals surface area contributed by atoms with Gasteiger partial charge in [-0.1, -0.05) is 11.6 Å². The van der Waals surface area contributed by atoms with Crippen LogP contribution in [0.5, 0.6) is 0 Å². The molecule has 3 nitrogen and oxygen atoms in total. The van der Waals surface area contributed by atoms with Gasteiger partial charge in [0, 0.05) is 0 Å². The second-order valence-electron chi connectivity index (χ2n) is 4.35. The highest BCUT2D eigenvalue weighted by atomic mass is 35.5. The van der Waals surface area contributed by atoms with Gasteiger partial charge in [0.2, 0.25) is 10.0 Å². The molecular formula is C10H13ClFNO2S. The Balaban J connectivity index is 3.03. The van der Waals surface area contributed by atoms with Gasteiger partial charge in [0.1, 0.15) is 5.82 Å². The molecule has 0 saturated carbocycles. The second kappa shape index (κ2) is 4.22. The first kappa shape index (κ1) is 13.3. The minimum absolute atomic E-state index is 0.117. The van der Waals surface area contributed by atoms with E-state index in [0.29, 0.717) is 0 Å². The SMILES string of the molecule is CC(C)(C)S(=O)(=O)Nc1ccc(F)c(Cl)c1. The van der Waals surface area contributed by atoms with Crippen LogP contribution in [-0.4, -0.2) is 13.2 Å². The molecule has 6 heteroatoms. The van der Waals surface area contributed by atoms with Gasteiger partial charge in [-0.3, -0.25) is 4.72 Å². The lowest BCUT2D eigenvalue weighted by Gasteiger charge is -2.20. The lowest BCUT2D eigenvalue weighted by Crippen LogP contribution is -2.33. The van der Waals surface area contributed by atoms with E-state index in [1.165, 1.54) is 12.1 Å². The molecule has 0 spiro atoms. The van der Waals surface area contributed by atoms with Crippen molar-refractivity contribution in [1.29, 1.82) is 0 Å². The van der Waals surface area contributed by atoms with Crippen LogP contribution in [0.1, 0.15) is 20.8 Å². The van der Waals surface area contributed by atoms with Crippen LogP contribution < -0.4 is 4.72 Å². The van der Waals surface area contributed by atoms with Gasteiger partial charge in [0.05, 0.1) is 15.5 Å². The maximum Gasteiger partial charge on any atom is 0.237 e.